The molecule has 1 aromatic heterocycles. The van der Waals surface area contributed by atoms with Gasteiger partial charge in [0.15, 0.2) is 0 Å². The van der Waals surface area contributed by atoms with Gasteiger partial charge < -0.3 is 15.0 Å². The van der Waals surface area contributed by atoms with Crippen LogP contribution < -0.4 is 10.2 Å². The molecule has 0 saturated carbocycles. The van der Waals surface area contributed by atoms with Crippen LogP contribution in [-0.2, 0) is 13.0 Å². The molecule has 0 fully saturated rings. The second-order valence-electron chi connectivity index (χ2n) is 9.99. The van der Waals surface area contributed by atoms with Crippen molar-refractivity contribution in [3.8, 4) is 22.5 Å². The van der Waals surface area contributed by atoms with Gasteiger partial charge in [-0.25, -0.2) is 14.6 Å². The van der Waals surface area contributed by atoms with Crippen LogP contribution in [0.3, 0.4) is 0 Å². The Hall–Kier alpha value is -4.39. The molecule has 208 valence electrons. The molecule has 0 radical (unpaired) electrons. The highest BCUT2D eigenvalue weighted by Crippen LogP contribution is 2.34. The SMILES string of the molecule is CCCCNC(=O)N(C)c1cccc(CCCC)c1-c1nccn1Cc1ccc(-c2ccccc2C(=O)O)cc1. The fraction of sp³-hybridized carbons (Fsp3) is 0.303. The molecular weight excluding hydrogens is 500 g/mol. The summed E-state index contributed by atoms with van der Waals surface area (Å²) < 4.78 is 2.11. The topological polar surface area (TPSA) is 87.5 Å². The molecule has 1 heterocycles. The normalized spacial score (nSPS) is 10.9. The fourth-order valence-corrected chi connectivity index (χ4v) is 4.87. The lowest BCUT2D eigenvalue weighted by Gasteiger charge is -2.23. The number of amides is 2. The Morgan fingerprint density at radius 3 is 2.42 bits per heavy atom. The maximum atomic E-state index is 13.0. The van der Waals surface area contributed by atoms with E-state index < -0.39 is 5.97 Å². The van der Waals surface area contributed by atoms with Crippen molar-refractivity contribution in [1.82, 2.24) is 14.9 Å². The summed E-state index contributed by atoms with van der Waals surface area (Å²) in [6.45, 7) is 5.51. The number of carbonyl (C=O) groups excluding carboxylic acids is 1. The number of aromatic nitrogens is 2. The Labute approximate surface area is 236 Å². The van der Waals surface area contributed by atoms with Gasteiger partial charge in [0.05, 0.1) is 11.3 Å². The van der Waals surface area contributed by atoms with Crippen molar-refractivity contribution in [2.75, 3.05) is 18.5 Å². The van der Waals surface area contributed by atoms with Gasteiger partial charge >= 0.3 is 12.0 Å². The summed E-state index contributed by atoms with van der Waals surface area (Å²) in [4.78, 5) is 31.1. The summed E-state index contributed by atoms with van der Waals surface area (Å²) in [6, 6.07) is 21.0. The Kier molecular flexibility index (Phi) is 9.73. The number of nitrogens with zero attached hydrogens (tertiary/aromatic N) is 3. The number of rotatable bonds is 12. The van der Waals surface area contributed by atoms with Crippen molar-refractivity contribution in [3.63, 3.8) is 0 Å². The molecule has 0 bridgehead atoms. The van der Waals surface area contributed by atoms with E-state index in [0.717, 1.165) is 60.3 Å². The molecule has 2 amide bonds. The molecule has 0 saturated heterocycles. The van der Waals surface area contributed by atoms with Gasteiger partial charge in [0.25, 0.3) is 0 Å². The number of imidazole rings is 1. The van der Waals surface area contributed by atoms with Gasteiger partial charge in [-0.3, -0.25) is 4.90 Å². The van der Waals surface area contributed by atoms with Gasteiger partial charge in [0, 0.05) is 38.1 Å². The quantitative estimate of drug-likeness (QED) is 0.186. The van der Waals surface area contributed by atoms with Crippen molar-refractivity contribution < 1.29 is 14.7 Å². The Bertz CT molecular complexity index is 1440. The molecule has 7 nitrogen and oxygen atoms in total. The molecule has 2 N–H and O–H groups in total. The maximum Gasteiger partial charge on any atom is 0.336 e. The highest BCUT2D eigenvalue weighted by atomic mass is 16.4. The molecular formula is C33H38N4O3. The third-order valence-electron chi connectivity index (χ3n) is 7.12. The predicted octanol–water partition coefficient (Wildman–Crippen LogP) is 7.25. The van der Waals surface area contributed by atoms with Crippen LogP contribution in [0.5, 0.6) is 0 Å². The average Bonchev–Trinajstić information content (AvgIpc) is 3.43. The molecule has 4 aromatic rings. The lowest BCUT2D eigenvalue weighted by Crippen LogP contribution is -2.38. The molecule has 0 unspecified atom stereocenters. The lowest BCUT2D eigenvalue weighted by atomic mass is 9.98. The first kappa shape index (κ1) is 28.6. The van der Waals surface area contributed by atoms with E-state index in [1.54, 1.807) is 23.2 Å². The van der Waals surface area contributed by atoms with Crippen molar-refractivity contribution in [2.24, 2.45) is 0 Å². The van der Waals surface area contributed by atoms with Gasteiger partial charge in [-0.05, 0) is 53.6 Å². The van der Waals surface area contributed by atoms with E-state index in [2.05, 4.69) is 29.8 Å². The molecule has 0 aliphatic rings. The summed E-state index contributed by atoms with van der Waals surface area (Å²) in [6.07, 6.45) is 8.74. The van der Waals surface area contributed by atoms with E-state index >= 15 is 0 Å². The number of anilines is 1. The minimum atomic E-state index is -0.940. The molecule has 3 aromatic carbocycles. The van der Waals surface area contributed by atoms with Crippen LogP contribution in [0.2, 0.25) is 0 Å². The maximum absolute atomic E-state index is 13.0. The first-order valence-corrected chi connectivity index (χ1v) is 14.0. The number of benzene rings is 3. The Morgan fingerprint density at radius 1 is 0.950 bits per heavy atom. The number of carboxylic acids is 1. The van der Waals surface area contributed by atoms with E-state index in [4.69, 9.17) is 4.98 Å². The third-order valence-corrected chi connectivity index (χ3v) is 7.12. The smallest absolute Gasteiger partial charge is 0.336 e. The number of aromatic carboxylic acids is 1. The third kappa shape index (κ3) is 6.60. The van der Waals surface area contributed by atoms with Crippen LogP contribution >= 0.6 is 0 Å². The Balaban J connectivity index is 1.66. The van der Waals surface area contributed by atoms with Crippen LogP contribution in [0.1, 0.15) is 61.0 Å². The van der Waals surface area contributed by atoms with Crippen LogP contribution in [0.4, 0.5) is 10.5 Å². The summed E-state index contributed by atoms with van der Waals surface area (Å²) in [5.74, 6) is -0.125. The molecule has 0 aliphatic carbocycles. The van der Waals surface area contributed by atoms with Gasteiger partial charge in [-0.1, -0.05) is 81.3 Å². The van der Waals surface area contributed by atoms with Crippen molar-refractivity contribution in [2.45, 2.75) is 52.5 Å². The fourth-order valence-electron chi connectivity index (χ4n) is 4.87. The van der Waals surface area contributed by atoms with Crippen molar-refractivity contribution >= 4 is 17.7 Å². The van der Waals surface area contributed by atoms with Crippen LogP contribution in [0.25, 0.3) is 22.5 Å². The van der Waals surface area contributed by atoms with Crippen LogP contribution in [0.15, 0.2) is 79.1 Å². The van der Waals surface area contributed by atoms with E-state index in [9.17, 15) is 14.7 Å². The molecule has 7 heteroatoms. The molecule has 0 spiro atoms. The van der Waals surface area contributed by atoms with Gasteiger partial charge in [-0.15, -0.1) is 0 Å². The number of unbranched alkanes of at least 4 members (excludes halogenated alkanes) is 2. The zero-order chi connectivity index (χ0) is 28.5. The lowest BCUT2D eigenvalue weighted by molar-refractivity contribution is 0.0697. The zero-order valence-corrected chi connectivity index (χ0v) is 23.6. The second-order valence-corrected chi connectivity index (χ2v) is 9.99. The first-order chi connectivity index (χ1) is 19.4. The number of carboxylic acid groups (broad SMARTS) is 1. The van der Waals surface area contributed by atoms with Gasteiger partial charge in [0.2, 0.25) is 0 Å². The summed E-state index contributed by atoms with van der Waals surface area (Å²) >= 11 is 0. The van der Waals surface area contributed by atoms with Crippen molar-refractivity contribution in [1.29, 1.82) is 0 Å². The van der Waals surface area contributed by atoms with Crippen molar-refractivity contribution in [3.05, 3.63) is 95.8 Å². The van der Waals surface area contributed by atoms with E-state index in [-0.39, 0.29) is 11.6 Å². The summed E-state index contributed by atoms with van der Waals surface area (Å²) in [5, 5.41) is 12.6. The minimum Gasteiger partial charge on any atom is -0.478 e. The van der Waals surface area contributed by atoms with Crippen LogP contribution in [0, 0.1) is 0 Å². The first-order valence-electron chi connectivity index (χ1n) is 14.0. The van der Waals surface area contributed by atoms with Crippen LogP contribution in [-0.4, -0.2) is 40.3 Å². The molecule has 40 heavy (non-hydrogen) atoms. The summed E-state index contributed by atoms with van der Waals surface area (Å²) in [7, 11) is 1.81. The van der Waals surface area contributed by atoms with E-state index in [0.29, 0.717) is 18.7 Å². The van der Waals surface area contributed by atoms with Gasteiger partial charge in [-0.2, -0.15) is 0 Å². The summed E-state index contributed by atoms with van der Waals surface area (Å²) in [5.41, 5.74) is 5.87. The van der Waals surface area contributed by atoms with E-state index in [1.165, 1.54) is 5.56 Å². The average molecular weight is 539 g/mol. The number of hydrogen-bond donors (Lipinski definition) is 2. The zero-order valence-electron chi connectivity index (χ0n) is 23.6. The predicted molar refractivity (Wildman–Crippen MR) is 161 cm³/mol. The largest absolute Gasteiger partial charge is 0.478 e. The molecule has 4 rings (SSSR count). The molecule has 0 atom stereocenters. The minimum absolute atomic E-state index is 0.127. The standard InChI is InChI=1S/C33H38N4O3/c1-4-6-11-26-12-10-15-29(36(3)33(40)35-20-7-5-2)30(26)31-34-21-22-37(31)23-24-16-18-25(19-17-24)27-13-8-9-14-28(27)32(38)39/h8-10,12-19,21-22H,4-7,11,20,23H2,1-3H3,(H,35,40)(H,38,39). The highest BCUT2D eigenvalue weighted by Gasteiger charge is 2.21. The highest BCUT2D eigenvalue weighted by molar-refractivity contribution is 5.97. The van der Waals surface area contributed by atoms with E-state index in [1.807, 2.05) is 61.8 Å². The van der Waals surface area contributed by atoms with Gasteiger partial charge in [0.1, 0.15) is 5.82 Å². The monoisotopic (exact) mass is 538 g/mol. The number of carbonyl (C=O) groups is 2. The number of urea groups is 1. The number of nitrogens with one attached hydrogen (secondary N) is 1. The number of hydrogen-bond acceptors (Lipinski definition) is 3. The number of aryl methyl sites for hydroxylation is 1. The Morgan fingerprint density at radius 2 is 1.70 bits per heavy atom. The molecule has 0 aliphatic heterocycles. The second kappa shape index (κ2) is 13.6.